The minimum absolute atomic E-state index is 0.0486. The highest BCUT2D eigenvalue weighted by atomic mass is 16.1. The molecule has 1 fully saturated rings. The predicted molar refractivity (Wildman–Crippen MR) is 64.7 cm³/mol. The van der Waals surface area contributed by atoms with Gasteiger partial charge in [0, 0.05) is 5.92 Å². The second-order valence-electron chi connectivity index (χ2n) is 4.85. The van der Waals surface area contributed by atoms with Gasteiger partial charge in [-0.1, -0.05) is 32.1 Å². The highest BCUT2D eigenvalue weighted by Crippen LogP contribution is 2.46. The number of hydrogen-bond acceptors (Lipinski definition) is 1. The van der Waals surface area contributed by atoms with E-state index in [9.17, 15) is 4.79 Å². The first-order chi connectivity index (χ1) is 7.05. The molecular weight excluding hydrogens is 184 g/mol. The minimum Gasteiger partial charge on any atom is -0.294 e. The molecule has 15 heavy (non-hydrogen) atoms. The summed E-state index contributed by atoms with van der Waals surface area (Å²) in [6, 6.07) is 0. The molecule has 0 spiro atoms. The van der Waals surface area contributed by atoms with Gasteiger partial charge in [0.05, 0.1) is 0 Å². The third-order valence-corrected chi connectivity index (χ3v) is 3.77. The van der Waals surface area contributed by atoms with Crippen molar-refractivity contribution in [2.24, 2.45) is 11.3 Å². The van der Waals surface area contributed by atoms with E-state index in [2.05, 4.69) is 20.4 Å². The summed E-state index contributed by atoms with van der Waals surface area (Å²) in [6.07, 6.45) is 7.94. The van der Waals surface area contributed by atoms with E-state index in [1.54, 1.807) is 6.08 Å². The van der Waals surface area contributed by atoms with Gasteiger partial charge in [-0.2, -0.15) is 0 Å². The van der Waals surface area contributed by atoms with E-state index in [1.807, 2.05) is 13.0 Å². The fraction of sp³-hybridized carbons (Fsp3) is 0.643. The largest absolute Gasteiger partial charge is 0.294 e. The maximum atomic E-state index is 12.0. The average Bonchev–Trinajstić information content (AvgIpc) is 2.18. The maximum absolute atomic E-state index is 12.0. The summed E-state index contributed by atoms with van der Waals surface area (Å²) >= 11 is 0. The lowest BCUT2D eigenvalue weighted by Crippen LogP contribution is -2.36. The normalized spacial score (nSPS) is 32.2. The van der Waals surface area contributed by atoms with Crippen LogP contribution in [0.1, 0.15) is 46.5 Å². The van der Waals surface area contributed by atoms with Crippen LogP contribution in [0.3, 0.4) is 0 Å². The molecule has 0 radical (unpaired) electrons. The first kappa shape index (κ1) is 12.2. The molecule has 0 heterocycles. The second-order valence-corrected chi connectivity index (χ2v) is 4.85. The summed E-state index contributed by atoms with van der Waals surface area (Å²) in [5.41, 5.74) is 1.26. The Morgan fingerprint density at radius 2 is 2.33 bits per heavy atom. The number of hydrogen-bond donors (Lipinski definition) is 0. The van der Waals surface area contributed by atoms with Crippen molar-refractivity contribution in [2.45, 2.75) is 46.5 Å². The van der Waals surface area contributed by atoms with Crippen LogP contribution in [-0.2, 0) is 4.79 Å². The average molecular weight is 206 g/mol. The summed E-state index contributed by atoms with van der Waals surface area (Å²) in [7, 11) is 0. The molecule has 0 aromatic carbocycles. The van der Waals surface area contributed by atoms with Crippen LogP contribution in [0.15, 0.2) is 24.3 Å². The van der Waals surface area contributed by atoms with Crippen LogP contribution in [-0.4, -0.2) is 5.78 Å². The zero-order valence-electron chi connectivity index (χ0n) is 10.2. The van der Waals surface area contributed by atoms with Gasteiger partial charge < -0.3 is 0 Å². The third-order valence-electron chi connectivity index (χ3n) is 3.77. The monoisotopic (exact) mass is 206 g/mol. The molecule has 0 aromatic heterocycles. The first-order valence-electron chi connectivity index (χ1n) is 5.89. The molecule has 0 aromatic rings. The zero-order chi connectivity index (χ0) is 11.5. The molecule has 0 aliphatic heterocycles. The van der Waals surface area contributed by atoms with Crippen molar-refractivity contribution in [3.8, 4) is 0 Å². The minimum atomic E-state index is 0.0486. The van der Waals surface area contributed by atoms with Gasteiger partial charge in [-0.3, -0.25) is 4.79 Å². The fourth-order valence-corrected chi connectivity index (χ4v) is 2.69. The van der Waals surface area contributed by atoms with Crippen molar-refractivity contribution in [1.29, 1.82) is 0 Å². The van der Waals surface area contributed by atoms with Gasteiger partial charge >= 0.3 is 0 Å². The van der Waals surface area contributed by atoms with Crippen LogP contribution < -0.4 is 0 Å². The Hall–Kier alpha value is -0.850. The van der Waals surface area contributed by atoms with Crippen molar-refractivity contribution < 1.29 is 4.79 Å². The topological polar surface area (TPSA) is 17.1 Å². The molecule has 1 heteroatoms. The number of rotatable bonds is 3. The highest BCUT2D eigenvalue weighted by Gasteiger charge is 2.40. The van der Waals surface area contributed by atoms with Gasteiger partial charge in [0.25, 0.3) is 0 Å². The maximum Gasteiger partial charge on any atom is 0.162 e. The van der Waals surface area contributed by atoms with Gasteiger partial charge in [-0.05, 0) is 44.1 Å². The van der Waals surface area contributed by atoms with E-state index in [4.69, 9.17) is 0 Å². The third kappa shape index (κ3) is 2.39. The first-order valence-corrected chi connectivity index (χ1v) is 5.89. The molecule has 1 rings (SSSR count). The number of carbonyl (C=O) groups is 1. The quantitative estimate of drug-likeness (QED) is 0.505. The zero-order valence-corrected chi connectivity index (χ0v) is 10.2. The van der Waals surface area contributed by atoms with E-state index >= 15 is 0 Å². The number of ketones is 1. The molecule has 0 amide bonds. The number of allylic oxidation sites excluding steroid dienone is 3. The van der Waals surface area contributed by atoms with E-state index in [0.717, 1.165) is 24.8 Å². The molecule has 0 saturated heterocycles. The molecule has 0 N–H and O–H groups in total. The Kier molecular flexibility index (Phi) is 3.90. The van der Waals surface area contributed by atoms with Crippen molar-refractivity contribution in [3.05, 3.63) is 24.3 Å². The highest BCUT2D eigenvalue weighted by molar-refractivity contribution is 5.94. The Morgan fingerprint density at radius 3 is 2.87 bits per heavy atom. The molecule has 1 aliphatic carbocycles. The summed E-state index contributed by atoms with van der Waals surface area (Å²) in [4.78, 5) is 12.0. The standard InChI is InChI=1S/C14H22O/c1-5-8-12(15)13-11(3)9-7-10-14(13,4)6-2/h5,8,13H,3,6-7,9-10H2,1-2,4H3/b8-5+/t13-,14+/m1/s1. The number of carbonyl (C=O) groups excluding carboxylic acids is 1. The fourth-order valence-electron chi connectivity index (χ4n) is 2.69. The van der Waals surface area contributed by atoms with E-state index in [-0.39, 0.29) is 17.1 Å². The summed E-state index contributed by atoms with van der Waals surface area (Å²) in [6.45, 7) is 10.4. The molecule has 1 saturated carbocycles. The molecule has 1 aliphatic rings. The molecule has 0 unspecified atom stereocenters. The van der Waals surface area contributed by atoms with Crippen LogP contribution in [0.25, 0.3) is 0 Å². The smallest absolute Gasteiger partial charge is 0.162 e. The van der Waals surface area contributed by atoms with Gasteiger partial charge in [0.1, 0.15) is 0 Å². The SMILES string of the molecule is C=C1CCC[C@](C)(CC)[C@H]1C(=O)/C=C/C. The molecule has 0 bridgehead atoms. The Labute approximate surface area is 93.3 Å². The lowest BCUT2D eigenvalue weighted by atomic mass is 9.62. The Balaban J connectivity index is 2.96. The second kappa shape index (κ2) is 4.78. The van der Waals surface area contributed by atoms with Crippen LogP contribution >= 0.6 is 0 Å². The Morgan fingerprint density at radius 1 is 1.67 bits per heavy atom. The van der Waals surface area contributed by atoms with Gasteiger partial charge in [-0.25, -0.2) is 0 Å². The van der Waals surface area contributed by atoms with Gasteiger partial charge in [0.2, 0.25) is 0 Å². The van der Waals surface area contributed by atoms with Crippen molar-refractivity contribution >= 4 is 5.78 Å². The van der Waals surface area contributed by atoms with Crippen LogP contribution in [0, 0.1) is 11.3 Å². The Bertz CT molecular complexity index is 288. The van der Waals surface area contributed by atoms with Gasteiger partial charge in [-0.15, -0.1) is 0 Å². The predicted octanol–water partition coefficient (Wildman–Crippen LogP) is 3.90. The lowest BCUT2D eigenvalue weighted by Gasteiger charge is -2.41. The molecule has 2 atom stereocenters. The van der Waals surface area contributed by atoms with E-state index in [0.29, 0.717) is 0 Å². The van der Waals surface area contributed by atoms with Crippen molar-refractivity contribution in [2.75, 3.05) is 0 Å². The van der Waals surface area contributed by atoms with Crippen LogP contribution in [0.5, 0.6) is 0 Å². The lowest BCUT2D eigenvalue weighted by molar-refractivity contribution is -0.121. The van der Waals surface area contributed by atoms with Crippen molar-refractivity contribution in [3.63, 3.8) is 0 Å². The van der Waals surface area contributed by atoms with Crippen LogP contribution in [0.4, 0.5) is 0 Å². The van der Waals surface area contributed by atoms with Gasteiger partial charge in [0.15, 0.2) is 5.78 Å². The molecule has 1 nitrogen and oxygen atoms in total. The van der Waals surface area contributed by atoms with E-state index < -0.39 is 0 Å². The van der Waals surface area contributed by atoms with Crippen LogP contribution in [0.2, 0.25) is 0 Å². The van der Waals surface area contributed by atoms with Crippen molar-refractivity contribution in [1.82, 2.24) is 0 Å². The molecular formula is C14H22O. The summed E-state index contributed by atoms with van der Waals surface area (Å²) < 4.78 is 0. The molecule has 84 valence electrons. The summed E-state index contributed by atoms with van der Waals surface area (Å²) in [5.74, 6) is 0.291. The van der Waals surface area contributed by atoms with E-state index in [1.165, 1.54) is 6.42 Å². The summed E-state index contributed by atoms with van der Waals surface area (Å²) in [5, 5.41) is 0.